The van der Waals surface area contributed by atoms with Gasteiger partial charge in [-0.25, -0.2) is 9.78 Å². The van der Waals surface area contributed by atoms with E-state index in [9.17, 15) is 4.79 Å². The van der Waals surface area contributed by atoms with Crippen LogP contribution >= 0.6 is 0 Å². The SMILES string of the molecule is Cc1ccc2c(-c3c(NCc4ccccc4)[nH]c(=O)n3-c3ccc4nc[nH]c4c3)c[nH]c2c1. The van der Waals surface area contributed by atoms with Crippen LogP contribution in [-0.4, -0.2) is 24.5 Å². The van der Waals surface area contributed by atoms with Gasteiger partial charge < -0.3 is 15.3 Å². The molecule has 0 radical (unpaired) electrons. The minimum atomic E-state index is -0.208. The van der Waals surface area contributed by atoms with Crippen LogP contribution in [0.5, 0.6) is 0 Å². The molecule has 3 heterocycles. The van der Waals surface area contributed by atoms with Crippen molar-refractivity contribution in [2.45, 2.75) is 13.5 Å². The number of aromatic nitrogens is 5. The molecule has 0 unspecified atom stereocenters. The molecule has 162 valence electrons. The van der Waals surface area contributed by atoms with Gasteiger partial charge in [0.2, 0.25) is 0 Å². The van der Waals surface area contributed by atoms with Gasteiger partial charge in [-0.2, -0.15) is 0 Å². The Morgan fingerprint density at radius 3 is 2.73 bits per heavy atom. The maximum Gasteiger partial charge on any atom is 0.332 e. The predicted octanol–water partition coefficient (Wildman–Crippen LogP) is 5.11. The number of hydrogen-bond donors (Lipinski definition) is 4. The standard InChI is InChI=1S/C26H22N6O/c1-16-7-9-19-20(14-27-22(19)11-16)24-25(28-13-17-5-3-2-4-6-17)31-26(33)32(24)18-8-10-21-23(12-18)30-15-29-21/h2-12,14-15,27-28H,13H2,1H3,(H,29,30)(H,31,33). The van der Waals surface area contributed by atoms with Crippen molar-refractivity contribution in [1.29, 1.82) is 0 Å². The maximum atomic E-state index is 13.3. The lowest BCUT2D eigenvalue weighted by molar-refractivity contribution is 0.995. The van der Waals surface area contributed by atoms with Gasteiger partial charge in [-0.1, -0.05) is 42.5 Å². The van der Waals surface area contributed by atoms with Crippen molar-refractivity contribution < 1.29 is 0 Å². The first-order chi connectivity index (χ1) is 16.2. The summed E-state index contributed by atoms with van der Waals surface area (Å²) in [5.41, 5.74) is 7.35. The highest BCUT2D eigenvalue weighted by Gasteiger charge is 2.21. The average molecular weight is 435 g/mol. The molecule has 7 nitrogen and oxygen atoms in total. The molecule has 0 aliphatic rings. The van der Waals surface area contributed by atoms with Gasteiger partial charge in [-0.3, -0.25) is 9.55 Å². The van der Waals surface area contributed by atoms with Crippen LogP contribution in [0.25, 0.3) is 38.9 Å². The molecule has 4 N–H and O–H groups in total. The number of imidazole rings is 2. The molecular formula is C26H22N6O. The van der Waals surface area contributed by atoms with E-state index < -0.39 is 0 Å². The van der Waals surface area contributed by atoms with Gasteiger partial charge in [-0.05, 0) is 42.3 Å². The van der Waals surface area contributed by atoms with E-state index in [4.69, 9.17) is 0 Å². The quantitative estimate of drug-likeness (QED) is 0.304. The molecule has 6 rings (SSSR count). The molecule has 0 aliphatic heterocycles. The molecule has 0 spiro atoms. The van der Waals surface area contributed by atoms with Crippen LogP contribution in [0.1, 0.15) is 11.1 Å². The topological polar surface area (TPSA) is 94.3 Å². The van der Waals surface area contributed by atoms with Crippen LogP contribution in [0.2, 0.25) is 0 Å². The highest BCUT2D eigenvalue weighted by molar-refractivity contribution is 5.98. The Hall–Kier alpha value is -4.52. The Morgan fingerprint density at radius 1 is 0.970 bits per heavy atom. The number of rotatable bonds is 5. The van der Waals surface area contributed by atoms with Gasteiger partial charge in [0.1, 0.15) is 11.5 Å². The van der Waals surface area contributed by atoms with Gasteiger partial charge in [-0.15, -0.1) is 0 Å². The second kappa shape index (κ2) is 7.56. The van der Waals surface area contributed by atoms with Crippen molar-refractivity contribution in [3.05, 3.63) is 101 Å². The monoisotopic (exact) mass is 434 g/mol. The number of H-pyrrole nitrogens is 3. The van der Waals surface area contributed by atoms with E-state index in [0.29, 0.717) is 12.4 Å². The summed E-state index contributed by atoms with van der Waals surface area (Å²) in [6.07, 6.45) is 3.62. The van der Waals surface area contributed by atoms with Gasteiger partial charge in [0.05, 0.1) is 23.0 Å². The van der Waals surface area contributed by atoms with Crippen LogP contribution < -0.4 is 11.0 Å². The summed E-state index contributed by atoms with van der Waals surface area (Å²) >= 11 is 0. The summed E-state index contributed by atoms with van der Waals surface area (Å²) in [4.78, 5) is 27.1. The number of fused-ring (bicyclic) bond motifs is 2. The number of hydrogen-bond acceptors (Lipinski definition) is 3. The molecule has 33 heavy (non-hydrogen) atoms. The van der Waals surface area contributed by atoms with Crippen LogP contribution in [0.15, 0.2) is 84.0 Å². The molecule has 0 saturated carbocycles. The number of aromatic amines is 3. The summed E-state index contributed by atoms with van der Waals surface area (Å²) in [6.45, 7) is 2.66. The van der Waals surface area contributed by atoms with Gasteiger partial charge in [0.15, 0.2) is 0 Å². The summed E-state index contributed by atoms with van der Waals surface area (Å²) in [5, 5.41) is 4.50. The van der Waals surface area contributed by atoms with E-state index in [1.165, 1.54) is 5.56 Å². The molecule has 6 aromatic rings. The molecule has 0 saturated heterocycles. The number of aryl methyl sites for hydroxylation is 1. The average Bonchev–Trinajstić information content (AvgIpc) is 3.54. The molecule has 0 bridgehead atoms. The molecule has 0 atom stereocenters. The third kappa shape index (κ3) is 3.30. The van der Waals surface area contributed by atoms with Gasteiger partial charge in [0, 0.05) is 29.2 Å². The highest BCUT2D eigenvalue weighted by atomic mass is 16.1. The smallest absolute Gasteiger partial charge is 0.332 e. The predicted molar refractivity (Wildman–Crippen MR) is 132 cm³/mol. The van der Waals surface area contributed by atoms with Crippen molar-refractivity contribution in [3.8, 4) is 16.9 Å². The summed E-state index contributed by atoms with van der Waals surface area (Å²) in [7, 11) is 0. The fraction of sp³-hybridized carbons (Fsp3) is 0.0769. The second-order valence-corrected chi connectivity index (χ2v) is 8.18. The minimum absolute atomic E-state index is 0.208. The lowest BCUT2D eigenvalue weighted by atomic mass is 10.1. The Labute approximate surface area is 189 Å². The van der Waals surface area contributed by atoms with Crippen molar-refractivity contribution in [2.75, 3.05) is 5.32 Å². The largest absolute Gasteiger partial charge is 0.366 e. The van der Waals surface area contributed by atoms with Crippen molar-refractivity contribution in [2.24, 2.45) is 0 Å². The maximum absolute atomic E-state index is 13.3. The number of nitrogens with zero attached hydrogens (tertiary/aromatic N) is 2. The first-order valence-corrected chi connectivity index (χ1v) is 10.8. The zero-order valence-electron chi connectivity index (χ0n) is 18.0. The van der Waals surface area contributed by atoms with E-state index in [1.807, 2.05) is 42.6 Å². The second-order valence-electron chi connectivity index (χ2n) is 8.18. The Kier molecular flexibility index (Phi) is 4.40. The minimum Gasteiger partial charge on any atom is -0.366 e. The molecule has 0 fully saturated rings. The van der Waals surface area contributed by atoms with Gasteiger partial charge >= 0.3 is 5.69 Å². The fourth-order valence-electron chi connectivity index (χ4n) is 4.35. The normalized spacial score (nSPS) is 11.4. The van der Waals surface area contributed by atoms with Crippen molar-refractivity contribution in [3.63, 3.8) is 0 Å². The van der Waals surface area contributed by atoms with Crippen molar-refractivity contribution in [1.82, 2.24) is 24.5 Å². The van der Waals surface area contributed by atoms with Crippen LogP contribution in [0.4, 0.5) is 5.82 Å². The Morgan fingerprint density at radius 2 is 1.85 bits per heavy atom. The molecule has 0 aliphatic carbocycles. The molecular weight excluding hydrogens is 412 g/mol. The zero-order valence-corrected chi connectivity index (χ0v) is 18.0. The third-order valence-electron chi connectivity index (χ3n) is 5.96. The summed E-state index contributed by atoms with van der Waals surface area (Å²) in [5.74, 6) is 0.676. The molecule has 3 aromatic carbocycles. The van der Waals surface area contributed by atoms with Crippen LogP contribution in [-0.2, 0) is 6.54 Å². The first-order valence-electron chi connectivity index (χ1n) is 10.8. The lowest BCUT2D eigenvalue weighted by Gasteiger charge is -2.11. The van der Waals surface area contributed by atoms with Gasteiger partial charge in [0.25, 0.3) is 0 Å². The molecule has 7 heteroatoms. The molecule has 0 amide bonds. The van der Waals surface area contributed by atoms with E-state index in [2.05, 4.69) is 62.5 Å². The summed E-state index contributed by atoms with van der Waals surface area (Å²) in [6, 6.07) is 22.2. The third-order valence-corrected chi connectivity index (χ3v) is 5.96. The van der Waals surface area contributed by atoms with E-state index in [0.717, 1.165) is 44.4 Å². The molecule has 3 aromatic heterocycles. The first kappa shape index (κ1) is 19.2. The van der Waals surface area contributed by atoms with Crippen LogP contribution in [0.3, 0.4) is 0 Å². The van der Waals surface area contributed by atoms with E-state index in [-0.39, 0.29) is 5.69 Å². The van der Waals surface area contributed by atoms with Crippen molar-refractivity contribution >= 4 is 27.8 Å². The number of nitrogens with one attached hydrogen (secondary N) is 4. The Balaban J connectivity index is 1.55. The number of benzene rings is 3. The fourth-order valence-corrected chi connectivity index (χ4v) is 4.35. The number of anilines is 1. The zero-order chi connectivity index (χ0) is 22.4. The van der Waals surface area contributed by atoms with Crippen LogP contribution in [0, 0.1) is 6.92 Å². The van der Waals surface area contributed by atoms with E-state index >= 15 is 0 Å². The summed E-state index contributed by atoms with van der Waals surface area (Å²) < 4.78 is 1.72. The van der Waals surface area contributed by atoms with E-state index in [1.54, 1.807) is 10.9 Å². The lowest BCUT2D eigenvalue weighted by Crippen LogP contribution is -2.15. The highest BCUT2D eigenvalue weighted by Crippen LogP contribution is 2.34. The Bertz CT molecular complexity index is 1650.